The molecule has 0 bridgehead atoms. The van der Waals surface area contributed by atoms with E-state index in [4.69, 9.17) is 0 Å². The molecule has 0 spiro atoms. The highest BCUT2D eigenvalue weighted by atomic mass is 16.5. The lowest BCUT2D eigenvalue weighted by molar-refractivity contribution is 0.0593. The van der Waals surface area contributed by atoms with Crippen LogP contribution in [-0.4, -0.2) is 48.4 Å². The third-order valence-electron chi connectivity index (χ3n) is 1.81. The molecule has 1 aromatic heterocycles. The highest BCUT2D eigenvalue weighted by molar-refractivity contribution is 5.86. The summed E-state index contributed by atoms with van der Waals surface area (Å²) in [5.74, 6) is -0.395. The fourth-order valence-corrected chi connectivity index (χ4v) is 1.00. The van der Waals surface area contributed by atoms with E-state index < -0.39 is 5.97 Å². The maximum atomic E-state index is 11.1. The van der Waals surface area contributed by atoms with Crippen molar-refractivity contribution >= 4 is 5.97 Å². The standard InChI is InChI=1S/C9H15N3O2/c1-11(2)6-7-12-5-4-8(10-12)9(13)14-3/h4-5H,6-7H2,1-3H3. The minimum absolute atomic E-state index is 0.353. The molecule has 0 atom stereocenters. The van der Waals surface area contributed by atoms with E-state index in [2.05, 4.69) is 14.7 Å². The van der Waals surface area contributed by atoms with E-state index in [1.165, 1.54) is 7.11 Å². The molecule has 1 heterocycles. The van der Waals surface area contributed by atoms with Gasteiger partial charge in [0.1, 0.15) is 0 Å². The molecule has 5 nitrogen and oxygen atoms in total. The number of nitrogens with zero attached hydrogens (tertiary/aromatic N) is 3. The van der Waals surface area contributed by atoms with E-state index in [-0.39, 0.29) is 0 Å². The predicted molar refractivity (Wildman–Crippen MR) is 52.1 cm³/mol. The summed E-state index contributed by atoms with van der Waals surface area (Å²) in [7, 11) is 5.33. The molecule has 0 unspecified atom stereocenters. The number of ether oxygens (including phenoxy) is 1. The summed E-state index contributed by atoms with van der Waals surface area (Å²) < 4.78 is 6.28. The molecule has 0 amide bonds. The lowest BCUT2D eigenvalue weighted by Crippen LogP contribution is -2.19. The van der Waals surface area contributed by atoms with Gasteiger partial charge in [-0.05, 0) is 20.2 Å². The highest BCUT2D eigenvalue weighted by Crippen LogP contribution is 1.97. The van der Waals surface area contributed by atoms with Gasteiger partial charge in [0, 0.05) is 12.7 Å². The smallest absolute Gasteiger partial charge is 0.358 e. The number of hydrogen-bond donors (Lipinski definition) is 0. The summed E-state index contributed by atoms with van der Waals surface area (Å²) in [5, 5.41) is 4.07. The van der Waals surface area contributed by atoms with E-state index in [0.29, 0.717) is 5.69 Å². The Balaban J connectivity index is 2.55. The number of aromatic nitrogens is 2. The van der Waals surface area contributed by atoms with Crippen LogP contribution in [0.25, 0.3) is 0 Å². The molecule has 0 aliphatic carbocycles. The lowest BCUT2D eigenvalue weighted by Gasteiger charge is -2.08. The van der Waals surface area contributed by atoms with Gasteiger partial charge >= 0.3 is 5.97 Å². The summed E-state index contributed by atoms with van der Waals surface area (Å²) in [6.07, 6.45) is 1.77. The number of carbonyl (C=O) groups excluding carboxylic acids is 1. The molecule has 1 rings (SSSR count). The average Bonchev–Trinajstić information content (AvgIpc) is 2.62. The summed E-state index contributed by atoms with van der Waals surface area (Å²) in [6, 6.07) is 1.65. The number of carbonyl (C=O) groups is 1. The first-order valence-electron chi connectivity index (χ1n) is 4.40. The summed E-state index contributed by atoms with van der Waals surface area (Å²) in [6.45, 7) is 1.66. The predicted octanol–water partition coefficient (Wildman–Crippen LogP) is 0.231. The van der Waals surface area contributed by atoms with Crippen molar-refractivity contribution in [2.24, 2.45) is 0 Å². The zero-order chi connectivity index (χ0) is 10.6. The molecule has 0 N–H and O–H groups in total. The van der Waals surface area contributed by atoms with Crippen LogP contribution in [0.4, 0.5) is 0 Å². The molecular formula is C9H15N3O2. The Hall–Kier alpha value is -1.36. The molecule has 0 aliphatic rings. The van der Waals surface area contributed by atoms with Crippen LogP contribution in [0.2, 0.25) is 0 Å². The van der Waals surface area contributed by atoms with Crippen LogP contribution in [0.1, 0.15) is 10.5 Å². The first kappa shape index (κ1) is 10.7. The minimum atomic E-state index is -0.395. The van der Waals surface area contributed by atoms with E-state index >= 15 is 0 Å². The quantitative estimate of drug-likeness (QED) is 0.648. The van der Waals surface area contributed by atoms with Crippen molar-refractivity contribution in [3.8, 4) is 0 Å². The van der Waals surface area contributed by atoms with E-state index in [0.717, 1.165) is 13.1 Å². The van der Waals surface area contributed by atoms with Crippen molar-refractivity contribution in [3.05, 3.63) is 18.0 Å². The summed E-state index contributed by atoms with van der Waals surface area (Å²) in [4.78, 5) is 13.1. The normalized spacial score (nSPS) is 10.6. The second-order valence-electron chi connectivity index (χ2n) is 3.26. The van der Waals surface area contributed by atoms with Gasteiger partial charge in [-0.25, -0.2) is 4.79 Å². The van der Waals surface area contributed by atoms with Crippen molar-refractivity contribution < 1.29 is 9.53 Å². The van der Waals surface area contributed by atoms with Crippen molar-refractivity contribution in [2.75, 3.05) is 27.7 Å². The van der Waals surface area contributed by atoms with Gasteiger partial charge < -0.3 is 9.64 Å². The second kappa shape index (κ2) is 4.76. The molecule has 0 aromatic carbocycles. The van der Waals surface area contributed by atoms with Crippen LogP contribution < -0.4 is 0 Å². The van der Waals surface area contributed by atoms with Crippen molar-refractivity contribution in [1.82, 2.24) is 14.7 Å². The Morgan fingerprint density at radius 3 is 2.93 bits per heavy atom. The number of esters is 1. The number of likely N-dealkylation sites (N-methyl/N-ethyl adjacent to an activating group) is 1. The molecular weight excluding hydrogens is 182 g/mol. The van der Waals surface area contributed by atoms with Gasteiger partial charge in [-0.15, -0.1) is 0 Å². The third-order valence-corrected chi connectivity index (χ3v) is 1.81. The van der Waals surface area contributed by atoms with Crippen LogP contribution in [0.5, 0.6) is 0 Å². The van der Waals surface area contributed by atoms with Crippen molar-refractivity contribution in [3.63, 3.8) is 0 Å². The zero-order valence-electron chi connectivity index (χ0n) is 8.73. The van der Waals surface area contributed by atoms with Gasteiger partial charge in [-0.1, -0.05) is 0 Å². The monoisotopic (exact) mass is 197 g/mol. The van der Waals surface area contributed by atoms with E-state index in [1.54, 1.807) is 16.9 Å². The van der Waals surface area contributed by atoms with Crippen LogP contribution in [-0.2, 0) is 11.3 Å². The SMILES string of the molecule is COC(=O)c1ccn(CCN(C)C)n1. The number of hydrogen-bond acceptors (Lipinski definition) is 4. The van der Waals surface area contributed by atoms with Gasteiger partial charge in [0.05, 0.1) is 13.7 Å². The Kier molecular flexibility index (Phi) is 3.64. The molecule has 78 valence electrons. The fraction of sp³-hybridized carbons (Fsp3) is 0.556. The molecule has 0 aliphatic heterocycles. The lowest BCUT2D eigenvalue weighted by atomic mass is 10.4. The number of methoxy groups -OCH3 is 1. The molecule has 5 heteroatoms. The van der Waals surface area contributed by atoms with Crippen LogP contribution >= 0.6 is 0 Å². The van der Waals surface area contributed by atoms with Crippen LogP contribution in [0.15, 0.2) is 12.3 Å². The maximum absolute atomic E-state index is 11.1. The Labute approximate surface area is 83.3 Å². The van der Waals surface area contributed by atoms with E-state index in [9.17, 15) is 4.79 Å². The first-order valence-corrected chi connectivity index (χ1v) is 4.40. The van der Waals surface area contributed by atoms with Crippen molar-refractivity contribution in [1.29, 1.82) is 0 Å². The largest absolute Gasteiger partial charge is 0.464 e. The zero-order valence-corrected chi connectivity index (χ0v) is 8.73. The topological polar surface area (TPSA) is 47.4 Å². The van der Waals surface area contributed by atoms with Crippen LogP contribution in [0, 0.1) is 0 Å². The second-order valence-corrected chi connectivity index (χ2v) is 3.26. The number of rotatable bonds is 4. The Morgan fingerprint density at radius 1 is 1.64 bits per heavy atom. The highest BCUT2D eigenvalue weighted by Gasteiger charge is 2.08. The molecule has 0 saturated carbocycles. The van der Waals surface area contributed by atoms with Gasteiger partial charge in [0.25, 0.3) is 0 Å². The molecule has 0 fully saturated rings. The Morgan fingerprint density at radius 2 is 2.36 bits per heavy atom. The summed E-state index contributed by atoms with van der Waals surface area (Å²) >= 11 is 0. The van der Waals surface area contributed by atoms with Gasteiger partial charge in [0.15, 0.2) is 5.69 Å². The summed E-state index contributed by atoms with van der Waals surface area (Å²) in [5.41, 5.74) is 0.353. The third kappa shape index (κ3) is 2.85. The van der Waals surface area contributed by atoms with Gasteiger partial charge in [-0.2, -0.15) is 5.10 Å². The molecule has 0 saturated heterocycles. The molecule has 1 aromatic rings. The van der Waals surface area contributed by atoms with Gasteiger partial charge in [-0.3, -0.25) is 4.68 Å². The molecule has 0 radical (unpaired) electrons. The Bertz CT molecular complexity index is 307. The minimum Gasteiger partial charge on any atom is -0.464 e. The van der Waals surface area contributed by atoms with Crippen molar-refractivity contribution in [2.45, 2.75) is 6.54 Å². The average molecular weight is 197 g/mol. The fourth-order valence-electron chi connectivity index (χ4n) is 1.00. The van der Waals surface area contributed by atoms with Crippen LogP contribution in [0.3, 0.4) is 0 Å². The molecule has 14 heavy (non-hydrogen) atoms. The maximum Gasteiger partial charge on any atom is 0.358 e. The van der Waals surface area contributed by atoms with E-state index in [1.807, 2.05) is 14.1 Å². The first-order chi connectivity index (χ1) is 6.63. The van der Waals surface area contributed by atoms with Gasteiger partial charge in [0.2, 0.25) is 0 Å².